The number of alkyl halides is 3. The predicted octanol–water partition coefficient (Wildman–Crippen LogP) is 5.09. The van der Waals surface area contributed by atoms with Crippen molar-refractivity contribution in [3.05, 3.63) is 64.7 Å². The molecule has 0 aliphatic carbocycles. The first-order valence-corrected chi connectivity index (χ1v) is 8.46. The van der Waals surface area contributed by atoms with Crippen molar-refractivity contribution in [1.29, 1.82) is 0 Å². The third-order valence-corrected chi connectivity index (χ3v) is 4.68. The molecule has 2 aromatic carbocycles. The lowest BCUT2D eigenvalue weighted by Gasteiger charge is -2.08. The van der Waals surface area contributed by atoms with E-state index >= 15 is 0 Å². The zero-order chi connectivity index (χ0) is 18.9. The second kappa shape index (κ2) is 6.87. The summed E-state index contributed by atoms with van der Waals surface area (Å²) in [4.78, 5) is 12.5. The first-order chi connectivity index (χ1) is 12.3. The number of hydrogen-bond donors (Lipinski definition) is 1. The third kappa shape index (κ3) is 3.75. The Bertz CT molecular complexity index is 946. The quantitative estimate of drug-likeness (QED) is 0.691. The molecule has 1 amide bonds. The van der Waals surface area contributed by atoms with Gasteiger partial charge in [0, 0.05) is 11.1 Å². The fourth-order valence-corrected chi connectivity index (χ4v) is 3.29. The molecule has 0 aliphatic rings. The zero-order valence-corrected chi connectivity index (χ0v) is 14.7. The maximum Gasteiger partial charge on any atom is 0.416 e. The summed E-state index contributed by atoms with van der Waals surface area (Å²) in [5, 5.41) is 10.9. The van der Waals surface area contributed by atoms with Crippen LogP contribution in [0.15, 0.2) is 42.5 Å². The second-order valence-corrected chi connectivity index (χ2v) is 6.69. The van der Waals surface area contributed by atoms with E-state index in [0.717, 1.165) is 34.6 Å². The van der Waals surface area contributed by atoms with E-state index in [1.165, 1.54) is 12.1 Å². The summed E-state index contributed by atoms with van der Waals surface area (Å²) >= 11 is 1.02. The van der Waals surface area contributed by atoms with Crippen LogP contribution in [0.1, 0.15) is 27.0 Å². The Morgan fingerprint density at radius 2 is 1.69 bits per heavy atom. The molecule has 26 heavy (non-hydrogen) atoms. The minimum absolute atomic E-state index is 0.227. The van der Waals surface area contributed by atoms with Gasteiger partial charge in [-0.1, -0.05) is 41.7 Å². The number of aromatic nitrogens is 2. The molecule has 0 aliphatic heterocycles. The van der Waals surface area contributed by atoms with Gasteiger partial charge in [-0.25, -0.2) is 0 Å². The van der Waals surface area contributed by atoms with Crippen molar-refractivity contribution < 1.29 is 18.0 Å². The summed E-state index contributed by atoms with van der Waals surface area (Å²) in [6.07, 6.45) is -4.43. The molecular weight excluding hydrogens is 363 g/mol. The zero-order valence-electron chi connectivity index (χ0n) is 13.9. The Kier molecular flexibility index (Phi) is 4.78. The Morgan fingerprint density at radius 1 is 1.04 bits per heavy atom. The van der Waals surface area contributed by atoms with Gasteiger partial charge in [0.1, 0.15) is 5.01 Å². The minimum atomic E-state index is -4.43. The van der Waals surface area contributed by atoms with Crippen molar-refractivity contribution in [3.63, 3.8) is 0 Å². The summed E-state index contributed by atoms with van der Waals surface area (Å²) in [6.45, 7) is 3.66. The number of amides is 1. The average Bonchev–Trinajstić information content (AvgIpc) is 3.02. The van der Waals surface area contributed by atoms with Crippen molar-refractivity contribution in [1.82, 2.24) is 10.2 Å². The van der Waals surface area contributed by atoms with E-state index in [1.807, 2.05) is 32.0 Å². The Hall–Kier alpha value is -2.74. The number of aryl methyl sites for hydroxylation is 2. The van der Waals surface area contributed by atoms with Crippen LogP contribution in [0.2, 0.25) is 0 Å². The summed E-state index contributed by atoms with van der Waals surface area (Å²) in [6, 6.07) is 10.4. The van der Waals surface area contributed by atoms with Crippen LogP contribution >= 0.6 is 11.3 Å². The summed E-state index contributed by atoms with van der Waals surface area (Å²) < 4.78 is 38.5. The standard InChI is InChI=1S/C18H14F3N3OS/c1-10-5-3-6-11(2)14(10)15(25)22-17-24-23-16(26-17)12-7-4-8-13(9-12)18(19,20)21/h3-9H,1-2H3,(H,22,24,25). The van der Waals surface area contributed by atoms with Crippen LogP contribution < -0.4 is 5.32 Å². The van der Waals surface area contributed by atoms with E-state index in [1.54, 1.807) is 0 Å². The fourth-order valence-electron chi connectivity index (χ4n) is 2.55. The summed E-state index contributed by atoms with van der Waals surface area (Å²) in [7, 11) is 0. The summed E-state index contributed by atoms with van der Waals surface area (Å²) in [5.41, 5.74) is 1.73. The maximum atomic E-state index is 12.8. The largest absolute Gasteiger partial charge is 0.416 e. The van der Waals surface area contributed by atoms with Gasteiger partial charge >= 0.3 is 6.18 Å². The molecule has 0 fully saturated rings. The van der Waals surface area contributed by atoms with Crippen molar-refractivity contribution in [2.75, 3.05) is 5.32 Å². The number of carbonyl (C=O) groups is 1. The number of hydrogen-bond acceptors (Lipinski definition) is 4. The lowest BCUT2D eigenvalue weighted by atomic mass is 10.0. The SMILES string of the molecule is Cc1cccc(C)c1C(=O)Nc1nnc(-c2cccc(C(F)(F)F)c2)s1. The molecular formula is C18H14F3N3OS. The fraction of sp³-hybridized carbons (Fsp3) is 0.167. The van der Waals surface area contributed by atoms with E-state index in [-0.39, 0.29) is 11.0 Å². The molecule has 0 radical (unpaired) electrons. The smallest absolute Gasteiger partial charge is 0.296 e. The van der Waals surface area contributed by atoms with Crippen molar-refractivity contribution in [3.8, 4) is 10.6 Å². The van der Waals surface area contributed by atoms with E-state index in [0.29, 0.717) is 16.1 Å². The van der Waals surface area contributed by atoms with Gasteiger partial charge in [0.25, 0.3) is 5.91 Å². The van der Waals surface area contributed by atoms with Crippen LogP contribution in [0.25, 0.3) is 10.6 Å². The van der Waals surface area contributed by atoms with Crippen LogP contribution in [0, 0.1) is 13.8 Å². The number of nitrogens with one attached hydrogen (secondary N) is 1. The normalized spacial score (nSPS) is 11.4. The molecule has 0 saturated heterocycles. The molecule has 1 N–H and O–H groups in total. The van der Waals surface area contributed by atoms with E-state index in [9.17, 15) is 18.0 Å². The molecule has 1 heterocycles. The van der Waals surface area contributed by atoms with Crippen molar-refractivity contribution in [2.45, 2.75) is 20.0 Å². The van der Waals surface area contributed by atoms with E-state index < -0.39 is 11.7 Å². The molecule has 3 aromatic rings. The van der Waals surface area contributed by atoms with Gasteiger partial charge in [0.15, 0.2) is 0 Å². The van der Waals surface area contributed by atoms with Gasteiger partial charge in [-0.05, 0) is 37.1 Å². The van der Waals surface area contributed by atoms with Gasteiger partial charge in [0.05, 0.1) is 5.56 Å². The highest BCUT2D eigenvalue weighted by Gasteiger charge is 2.30. The van der Waals surface area contributed by atoms with E-state index in [4.69, 9.17) is 0 Å². The van der Waals surface area contributed by atoms with Crippen molar-refractivity contribution in [2.24, 2.45) is 0 Å². The Morgan fingerprint density at radius 3 is 2.35 bits per heavy atom. The monoisotopic (exact) mass is 377 g/mol. The molecule has 0 atom stereocenters. The van der Waals surface area contributed by atoms with E-state index in [2.05, 4.69) is 15.5 Å². The lowest BCUT2D eigenvalue weighted by Crippen LogP contribution is -2.14. The lowest BCUT2D eigenvalue weighted by molar-refractivity contribution is -0.137. The Balaban J connectivity index is 1.84. The molecule has 0 saturated carbocycles. The number of benzene rings is 2. The molecule has 4 nitrogen and oxygen atoms in total. The minimum Gasteiger partial charge on any atom is -0.296 e. The van der Waals surface area contributed by atoms with Crippen LogP contribution in [0.3, 0.4) is 0 Å². The Labute approximate surface area is 151 Å². The maximum absolute atomic E-state index is 12.8. The topological polar surface area (TPSA) is 54.9 Å². The first-order valence-electron chi connectivity index (χ1n) is 7.64. The number of carbonyl (C=O) groups excluding carboxylic acids is 1. The number of nitrogens with zero attached hydrogens (tertiary/aromatic N) is 2. The molecule has 0 bridgehead atoms. The van der Waals surface area contributed by atoms with Crippen molar-refractivity contribution >= 4 is 22.4 Å². The van der Waals surface area contributed by atoms with Crippen LogP contribution in [-0.2, 0) is 6.18 Å². The van der Waals surface area contributed by atoms with Gasteiger partial charge < -0.3 is 0 Å². The predicted molar refractivity (Wildman–Crippen MR) is 94.2 cm³/mol. The first kappa shape index (κ1) is 18.1. The van der Waals surface area contributed by atoms with Crippen LogP contribution in [-0.4, -0.2) is 16.1 Å². The number of anilines is 1. The van der Waals surface area contributed by atoms with Gasteiger partial charge in [-0.15, -0.1) is 10.2 Å². The molecule has 8 heteroatoms. The molecule has 134 valence electrons. The third-order valence-electron chi connectivity index (χ3n) is 3.79. The average molecular weight is 377 g/mol. The summed E-state index contributed by atoms with van der Waals surface area (Å²) in [5.74, 6) is -0.327. The molecule has 0 unspecified atom stereocenters. The van der Waals surface area contributed by atoms with Crippen LogP contribution in [0.4, 0.5) is 18.3 Å². The molecule has 0 spiro atoms. The van der Waals surface area contributed by atoms with Crippen LogP contribution in [0.5, 0.6) is 0 Å². The second-order valence-electron chi connectivity index (χ2n) is 5.71. The number of halogens is 3. The highest BCUT2D eigenvalue weighted by atomic mass is 32.1. The van der Waals surface area contributed by atoms with Gasteiger partial charge in [-0.3, -0.25) is 10.1 Å². The molecule has 1 aromatic heterocycles. The van der Waals surface area contributed by atoms with Gasteiger partial charge in [0.2, 0.25) is 5.13 Å². The highest BCUT2D eigenvalue weighted by Crippen LogP contribution is 2.33. The molecule has 3 rings (SSSR count). The highest BCUT2D eigenvalue weighted by molar-refractivity contribution is 7.18. The number of rotatable bonds is 3. The van der Waals surface area contributed by atoms with Gasteiger partial charge in [-0.2, -0.15) is 13.2 Å².